The first kappa shape index (κ1) is 15.5. The van der Waals surface area contributed by atoms with E-state index < -0.39 is 20.7 Å². The van der Waals surface area contributed by atoms with Crippen molar-refractivity contribution >= 4 is 10.0 Å². The van der Waals surface area contributed by atoms with Crippen LogP contribution in [0.15, 0.2) is 35.5 Å². The first-order valence-electron chi connectivity index (χ1n) is 6.09. The quantitative estimate of drug-likeness (QED) is 0.856. The zero-order chi connectivity index (χ0) is 15.5. The molecule has 0 aliphatic rings. The first-order valence-corrected chi connectivity index (χ1v) is 7.57. The Labute approximate surface area is 121 Å². The maximum absolute atomic E-state index is 13.8. The van der Waals surface area contributed by atoms with Crippen molar-refractivity contribution in [2.45, 2.75) is 25.0 Å². The van der Waals surface area contributed by atoms with Crippen molar-refractivity contribution in [3.8, 4) is 0 Å². The van der Waals surface area contributed by atoms with Gasteiger partial charge < -0.3 is 5.11 Å². The molecule has 2 aromatic rings. The van der Waals surface area contributed by atoms with E-state index in [1.165, 1.54) is 18.5 Å². The maximum atomic E-state index is 13.8. The summed E-state index contributed by atoms with van der Waals surface area (Å²) < 4.78 is 40.1. The molecule has 0 aliphatic carbocycles. The van der Waals surface area contributed by atoms with Gasteiger partial charge in [0.25, 0.3) is 0 Å². The van der Waals surface area contributed by atoms with Crippen molar-refractivity contribution in [1.82, 2.24) is 14.7 Å². The summed E-state index contributed by atoms with van der Waals surface area (Å²) in [6, 6.07) is 3.45. The van der Waals surface area contributed by atoms with Gasteiger partial charge in [-0.15, -0.1) is 0 Å². The van der Waals surface area contributed by atoms with E-state index in [0.717, 1.165) is 12.1 Å². The molecule has 0 radical (unpaired) electrons. The number of nitrogens with one attached hydrogen (secondary N) is 1. The van der Waals surface area contributed by atoms with Crippen LogP contribution in [0, 0.1) is 12.7 Å². The van der Waals surface area contributed by atoms with Gasteiger partial charge in [0.1, 0.15) is 10.7 Å². The highest BCUT2D eigenvalue weighted by atomic mass is 32.2. The minimum Gasteiger partial charge on any atom is -0.392 e. The maximum Gasteiger partial charge on any atom is 0.243 e. The van der Waals surface area contributed by atoms with Gasteiger partial charge in [-0.1, -0.05) is 6.07 Å². The monoisotopic (exact) mass is 311 g/mol. The number of aliphatic hydroxyl groups excluding tert-OH is 1. The number of halogens is 1. The second-order valence-corrected chi connectivity index (χ2v) is 6.13. The summed E-state index contributed by atoms with van der Waals surface area (Å²) in [5.74, 6) is -0.913. The first-order chi connectivity index (χ1) is 9.92. The third-order valence-corrected chi connectivity index (χ3v) is 4.18. The van der Waals surface area contributed by atoms with Crippen LogP contribution >= 0.6 is 0 Å². The lowest BCUT2D eigenvalue weighted by Crippen LogP contribution is -2.24. The van der Waals surface area contributed by atoms with Crippen LogP contribution in [-0.2, 0) is 23.2 Å². The molecule has 1 aromatic carbocycles. The Bertz CT molecular complexity index is 733. The van der Waals surface area contributed by atoms with Crippen molar-refractivity contribution in [3.05, 3.63) is 53.4 Å². The third-order valence-electron chi connectivity index (χ3n) is 2.75. The van der Waals surface area contributed by atoms with Crippen molar-refractivity contribution < 1.29 is 17.9 Å². The van der Waals surface area contributed by atoms with Gasteiger partial charge >= 0.3 is 0 Å². The van der Waals surface area contributed by atoms with Crippen LogP contribution in [0.5, 0.6) is 0 Å². The van der Waals surface area contributed by atoms with E-state index in [2.05, 4.69) is 14.7 Å². The predicted octanol–water partition coefficient (Wildman–Crippen LogP) is 0.895. The normalized spacial score (nSPS) is 11.6. The summed E-state index contributed by atoms with van der Waals surface area (Å²) in [4.78, 5) is 7.53. The second kappa shape index (κ2) is 6.25. The number of aryl methyl sites for hydroxylation is 1. The number of hydrogen-bond donors (Lipinski definition) is 2. The second-order valence-electron chi connectivity index (χ2n) is 4.40. The lowest BCUT2D eigenvalue weighted by molar-refractivity contribution is 0.281. The van der Waals surface area contributed by atoms with Gasteiger partial charge in [0.2, 0.25) is 10.0 Å². The third kappa shape index (κ3) is 3.81. The van der Waals surface area contributed by atoms with Crippen molar-refractivity contribution in [2.24, 2.45) is 0 Å². The molecule has 1 aromatic heterocycles. The SMILES string of the molecule is Cc1cnc(CNS(=O)(=O)c2ccc(CO)cc2F)cn1. The van der Waals surface area contributed by atoms with E-state index in [-0.39, 0.29) is 13.2 Å². The number of aliphatic hydroxyl groups is 1. The molecule has 21 heavy (non-hydrogen) atoms. The molecular weight excluding hydrogens is 297 g/mol. The minimum atomic E-state index is -4.00. The Morgan fingerprint density at radius 1 is 1.29 bits per heavy atom. The summed E-state index contributed by atoms with van der Waals surface area (Å²) in [6.45, 7) is 1.32. The number of aromatic nitrogens is 2. The summed E-state index contributed by atoms with van der Waals surface area (Å²) in [5, 5.41) is 8.88. The minimum absolute atomic E-state index is 0.0865. The zero-order valence-electron chi connectivity index (χ0n) is 11.2. The topological polar surface area (TPSA) is 92.2 Å². The number of hydrogen-bond acceptors (Lipinski definition) is 5. The highest BCUT2D eigenvalue weighted by Gasteiger charge is 2.19. The number of benzene rings is 1. The van der Waals surface area contributed by atoms with Crippen LogP contribution in [0.3, 0.4) is 0 Å². The molecule has 2 N–H and O–H groups in total. The number of rotatable bonds is 5. The summed E-state index contributed by atoms with van der Waals surface area (Å²) in [6.07, 6.45) is 2.96. The zero-order valence-corrected chi connectivity index (χ0v) is 12.1. The molecule has 0 spiro atoms. The van der Waals surface area contributed by atoms with Gasteiger partial charge in [-0.05, 0) is 24.6 Å². The molecule has 0 fully saturated rings. The fraction of sp³-hybridized carbons (Fsp3) is 0.231. The fourth-order valence-corrected chi connectivity index (χ4v) is 2.67. The lowest BCUT2D eigenvalue weighted by atomic mass is 10.2. The molecule has 0 saturated carbocycles. The van der Waals surface area contributed by atoms with E-state index in [1.807, 2.05) is 0 Å². The largest absolute Gasteiger partial charge is 0.392 e. The Kier molecular flexibility index (Phi) is 4.61. The van der Waals surface area contributed by atoms with Gasteiger partial charge in [0, 0.05) is 6.20 Å². The van der Waals surface area contributed by atoms with Crippen LogP contribution in [0.2, 0.25) is 0 Å². The van der Waals surface area contributed by atoms with Gasteiger partial charge in [0.15, 0.2) is 0 Å². The molecule has 2 rings (SSSR count). The highest BCUT2D eigenvalue weighted by molar-refractivity contribution is 7.89. The average Bonchev–Trinajstić information content (AvgIpc) is 2.46. The molecule has 8 heteroatoms. The molecule has 0 amide bonds. The van der Waals surface area contributed by atoms with E-state index in [1.54, 1.807) is 6.92 Å². The summed E-state index contributed by atoms with van der Waals surface area (Å²) in [7, 11) is -4.00. The van der Waals surface area contributed by atoms with Gasteiger partial charge in [0.05, 0.1) is 30.7 Å². The summed E-state index contributed by atoms with van der Waals surface area (Å²) in [5.41, 5.74) is 1.44. The van der Waals surface area contributed by atoms with Gasteiger partial charge in [-0.25, -0.2) is 17.5 Å². The average molecular weight is 311 g/mol. The van der Waals surface area contributed by atoms with Gasteiger partial charge in [-0.2, -0.15) is 0 Å². The number of sulfonamides is 1. The molecule has 0 bridgehead atoms. The highest BCUT2D eigenvalue weighted by Crippen LogP contribution is 2.16. The Hall–Kier alpha value is -1.90. The van der Waals surface area contributed by atoms with E-state index in [4.69, 9.17) is 5.11 Å². The van der Waals surface area contributed by atoms with Crippen LogP contribution in [0.4, 0.5) is 4.39 Å². The Balaban J connectivity index is 2.16. The smallest absolute Gasteiger partial charge is 0.243 e. The lowest BCUT2D eigenvalue weighted by Gasteiger charge is -2.08. The van der Waals surface area contributed by atoms with E-state index in [0.29, 0.717) is 17.0 Å². The molecule has 0 saturated heterocycles. The molecular formula is C13H14FN3O3S. The van der Waals surface area contributed by atoms with E-state index >= 15 is 0 Å². The van der Waals surface area contributed by atoms with Crippen molar-refractivity contribution in [2.75, 3.05) is 0 Å². The molecule has 6 nitrogen and oxygen atoms in total. The Morgan fingerprint density at radius 2 is 2.05 bits per heavy atom. The van der Waals surface area contributed by atoms with E-state index in [9.17, 15) is 12.8 Å². The molecule has 0 atom stereocenters. The van der Waals surface area contributed by atoms with Crippen LogP contribution in [0.1, 0.15) is 17.0 Å². The molecule has 0 aliphatic heterocycles. The van der Waals surface area contributed by atoms with Crippen LogP contribution in [-0.4, -0.2) is 23.5 Å². The standard InChI is InChI=1S/C13H14FN3O3S/c1-9-5-16-11(6-15-9)7-17-21(19,20)13-3-2-10(8-18)4-12(13)14/h2-6,17-18H,7-8H2,1H3. The fourth-order valence-electron chi connectivity index (χ4n) is 1.62. The van der Waals surface area contributed by atoms with Crippen molar-refractivity contribution in [3.63, 3.8) is 0 Å². The van der Waals surface area contributed by atoms with Crippen molar-refractivity contribution in [1.29, 1.82) is 0 Å². The predicted molar refractivity (Wildman–Crippen MR) is 73.1 cm³/mol. The molecule has 112 valence electrons. The van der Waals surface area contributed by atoms with Gasteiger partial charge in [-0.3, -0.25) is 9.97 Å². The summed E-state index contributed by atoms with van der Waals surface area (Å²) >= 11 is 0. The number of nitrogens with zero attached hydrogens (tertiary/aromatic N) is 2. The van der Waals surface area contributed by atoms with Crippen LogP contribution in [0.25, 0.3) is 0 Å². The van der Waals surface area contributed by atoms with Crippen LogP contribution < -0.4 is 4.72 Å². The molecule has 1 heterocycles. The molecule has 0 unspecified atom stereocenters. The Morgan fingerprint density at radius 3 is 2.62 bits per heavy atom.